The molecule has 1 aliphatic rings. The Bertz CT molecular complexity index is 1140. The van der Waals surface area contributed by atoms with Crippen LogP contribution in [0.4, 0.5) is 0 Å². The minimum absolute atomic E-state index is 0.0493. The summed E-state index contributed by atoms with van der Waals surface area (Å²) in [6.45, 7) is 9.82. The van der Waals surface area contributed by atoms with Gasteiger partial charge in [-0.1, -0.05) is 32.9 Å². The largest absolute Gasteiger partial charge is 0.497 e. The molecule has 1 fully saturated rings. The van der Waals surface area contributed by atoms with Gasteiger partial charge in [-0.15, -0.1) is 0 Å². The highest BCUT2D eigenvalue weighted by atomic mass is 16.5. The van der Waals surface area contributed by atoms with Crippen molar-refractivity contribution < 1.29 is 9.53 Å². The van der Waals surface area contributed by atoms with Gasteiger partial charge in [-0.3, -0.25) is 14.5 Å². The van der Waals surface area contributed by atoms with Gasteiger partial charge in [0, 0.05) is 42.9 Å². The van der Waals surface area contributed by atoms with Crippen LogP contribution in [0, 0.1) is 6.92 Å². The van der Waals surface area contributed by atoms with Gasteiger partial charge >= 0.3 is 0 Å². The Morgan fingerprint density at radius 2 is 1.82 bits per heavy atom. The SMILES string of the molecule is COc1ccc(-c2cc(C)nc([C@@H]3CCCN(C(=O)c4cc(C(C)(C)C)nn4C)C3)c2)cc1. The van der Waals surface area contributed by atoms with Crippen LogP contribution in [0.3, 0.4) is 0 Å². The Morgan fingerprint density at radius 3 is 2.45 bits per heavy atom. The molecule has 1 aromatic carbocycles. The van der Waals surface area contributed by atoms with Crippen LogP contribution in [0.2, 0.25) is 0 Å². The van der Waals surface area contributed by atoms with Gasteiger partial charge in [-0.05, 0) is 61.2 Å². The van der Waals surface area contributed by atoms with E-state index in [0.717, 1.165) is 53.3 Å². The molecule has 0 saturated carbocycles. The van der Waals surface area contributed by atoms with E-state index in [2.05, 4.69) is 50.1 Å². The minimum Gasteiger partial charge on any atom is -0.497 e. The lowest BCUT2D eigenvalue weighted by atomic mass is 9.91. The summed E-state index contributed by atoms with van der Waals surface area (Å²) in [5.41, 5.74) is 5.82. The number of benzene rings is 1. The van der Waals surface area contributed by atoms with Gasteiger partial charge in [0.25, 0.3) is 5.91 Å². The van der Waals surface area contributed by atoms with Gasteiger partial charge in [-0.25, -0.2) is 0 Å². The van der Waals surface area contributed by atoms with E-state index in [9.17, 15) is 4.79 Å². The second-order valence-corrected chi connectivity index (χ2v) is 10.0. The molecular formula is C27H34N4O2. The molecule has 174 valence electrons. The fourth-order valence-corrected chi connectivity index (χ4v) is 4.45. The van der Waals surface area contributed by atoms with Gasteiger partial charge in [0.05, 0.1) is 12.8 Å². The minimum atomic E-state index is -0.0932. The second-order valence-electron chi connectivity index (χ2n) is 10.0. The number of aryl methyl sites for hydroxylation is 2. The van der Waals surface area contributed by atoms with E-state index in [-0.39, 0.29) is 17.2 Å². The second kappa shape index (κ2) is 9.00. The Labute approximate surface area is 196 Å². The zero-order valence-corrected chi connectivity index (χ0v) is 20.6. The summed E-state index contributed by atoms with van der Waals surface area (Å²) < 4.78 is 7.01. The van der Waals surface area contributed by atoms with Crippen LogP contribution in [0.1, 0.15) is 67.1 Å². The Morgan fingerprint density at radius 1 is 1.09 bits per heavy atom. The summed E-state index contributed by atoms with van der Waals surface area (Å²) in [5.74, 6) is 1.11. The van der Waals surface area contributed by atoms with Crippen LogP contribution in [0.15, 0.2) is 42.5 Å². The monoisotopic (exact) mass is 446 g/mol. The van der Waals surface area contributed by atoms with Crippen LogP contribution in [-0.4, -0.2) is 45.8 Å². The lowest BCUT2D eigenvalue weighted by Gasteiger charge is -2.32. The number of hydrogen-bond acceptors (Lipinski definition) is 4. The van der Waals surface area contributed by atoms with Crippen molar-refractivity contribution >= 4 is 5.91 Å². The molecule has 4 rings (SSSR count). The summed E-state index contributed by atoms with van der Waals surface area (Å²) in [6, 6.07) is 14.3. The molecule has 0 radical (unpaired) electrons. The lowest BCUT2D eigenvalue weighted by molar-refractivity contribution is 0.0694. The topological polar surface area (TPSA) is 60.2 Å². The fourth-order valence-electron chi connectivity index (χ4n) is 4.45. The molecule has 0 N–H and O–H groups in total. The summed E-state index contributed by atoms with van der Waals surface area (Å²) in [7, 11) is 3.53. The Hall–Kier alpha value is -3.15. The molecule has 3 aromatic rings. The van der Waals surface area contributed by atoms with Crippen LogP contribution < -0.4 is 4.74 Å². The van der Waals surface area contributed by atoms with Gasteiger partial charge in [-0.2, -0.15) is 5.10 Å². The molecule has 1 atom stereocenters. The van der Waals surface area contributed by atoms with E-state index in [1.165, 1.54) is 0 Å². The standard InChI is InChI=1S/C27H34N4O2/c1-18-14-21(19-9-11-22(33-6)12-10-19)15-23(28-18)20-8-7-13-31(17-20)26(32)24-16-25(27(2,3)4)29-30(24)5/h9-12,14-16,20H,7-8,13,17H2,1-6H3/t20-/m1/s1. The number of likely N-dealkylation sites (tertiary alicyclic amines) is 1. The molecular weight excluding hydrogens is 412 g/mol. The van der Waals surface area contributed by atoms with E-state index < -0.39 is 0 Å². The maximum absolute atomic E-state index is 13.4. The van der Waals surface area contributed by atoms with Crippen LogP contribution in [-0.2, 0) is 12.5 Å². The number of piperidine rings is 1. The third-order valence-corrected chi connectivity index (χ3v) is 6.39. The average Bonchev–Trinajstić information content (AvgIpc) is 3.20. The number of nitrogens with zero attached hydrogens (tertiary/aromatic N) is 4. The van der Waals surface area contributed by atoms with Crippen molar-refractivity contribution in [3.63, 3.8) is 0 Å². The number of pyridine rings is 1. The number of carbonyl (C=O) groups excluding carboxylic acids is 1. The third-order valence-electron chi connectivity index (χ3n) is 6.39. The van der Waals surface area contributed by atoms with Crippen molar-refractivity contribution in [3.8, 4) is 16.9 Å². The predicted octanol–water partition coefficient (Wildman–Crippen LogP) is 5.12. The first-order chi connectivity index (χ1) is 15.7. The molecule has 0 bridgehead atoms. The molecule has 6 heteroatoms. The van der Waals surface area contributed by atoms with Crippen molar-refractivity contribution in [3.05, 3.63) is 65.2 Å². The van der Waals surface area contributed by atoms with E-state index in [4.69, 9.17) is 9.72 Å². The zero-order chi connectivity index (χ0) is 23.8. The molecule has 3 heterocycles. The number of carbonyl (C=O) groups is 1. The summed E-state index contributed by atoms with van der Waals surface area (Å²) >= 11 is 0. The fraction of sp³-hybridized carbons (Fsp3) is 0.444. The summed E-state index contributed by atoms with van der Waals surface area (Å²) in [6.07, 6.45) is 1.99. The molecule has 0 unspecified atom stereocenters. The van der Waals surface area contributed by atoms with E-state index in [1.54, 1.807) is 11.8 Å². The quantitative estimate of drug-likeness (QED) is 0.558. The third kappa shape index (κ3) is 4.95. The Balaban J connectivity index is 1.57. The van der Waals surface area contributed by atoms with E-state index >= 15 is 0 Å². The first-order valence-corrected chi connectivity index (χ1v) is 11.6. The number of methoxy groups -OCH3 is 1. The molecule has 1 saturated heterocycles. The van der Waals surface area contributed by atoms with Gasteiger partial charge in [0.2, 0.25) is 0 Å². The average molecular weight is 447 g/mol. The smallest absolute Gasteiger partial charge is 0.272 e. The first kappa shape index (κ1) is 23.0. The molecule has 1 aliphatic heterocycles. The predicted molar refractivity (Wildman–Crippen MR) is 131 cm³/mol. The highest BCUT2D eigenvalue weighted by Gasteiger charge is 2.29. The number of amides is 1. The first-order valence-electron chi connectivity index (χ1n) is 11.6. The van der Waals surface area contributed by atoms with Crippen molar-refractivity contribution in [2.24, 2.45) is 7.05 Å². The van der Waals surface area contributed by atoms with Crippen molar-refractivity contribution in [1.29, 1.82) is 0 Å². The van der Waals surface area contributed by atoms with Crippen molar-refractivity contribution in [2.45, 2.75) is 51.9 Å². The van der Waals surface area contributed by atoms with Gasteiger partial charge in [0.1, 0.15) is 11.4 Å². The highest BCUT2D eigenvalue weighted by Crippen LogP contribution is 2.31. The Kier molecular flexibility index (Phi) is 6.28. The zero-order valence-electron chi connectivity index (χ0n) is 20.6. The number of hydrogen-bond donors (Lipinski definition) is 0. The van der Waals surface area contributed by atoms with Crippen LogP contribution in [0.5, 0.6) is 5.75 Å². The molecule has 1 amide bonds. The summed E-state index contributed by atoms with van der Waals surface area (Å²) in [4.78, 5) is 20.2. The van der Waals surface area contributed by atoms with Gasteiger partial charge in [0.15, 0.2) is 0 Å². The lowest BCUT2D eigenvalue weighted by Crippen LogP contribution is -2.40. The number of rotatable bonds is 4. The normalized spacial score (nSPS) is 16.7. The van der Waals surface area contributed by atoms with E-state index in [0.29, 0.717) is 12.2 Å². The molecule has 2 aromatic heterocycles. The van der Waals surface area contributed by atoms with Crippen molar-refractivity contribution in [1.82, 2.24) is 19.7 Å². The highest BCUT2D eigenvalue weighted by molar-refractivity contribution is 5.93. The molecule has 6 nitrogen and oxygen atoms in total. The van der Waals surface area contributed by atoms with Crippen molar-refractivity contribution in [2.75, 3.05) is 20.2 Å². The van der Waals surface area contributed by atoms with Crippen LogP contribution in [0.25, 0.3) is 11.1 Å². The maximum atomic E-state index is 13.4. The van der Waals surface area contributed by atoms with Gasteiger partial charge < -0.3 is 9.64 Å². The van der Waals surface area contributed by atoms with Crippen LogP contribution >= 0.6 is 0 Å². The molecule has 33 heavy (non-hydrogen) atoms. The van der Waals surface area contributed by atoms with E-state index in [1.807, 2.05) is 37.1 Å². The maximum Gasteiger partial charge on any atom is 0.272 e. The summed E-state index contributed by atoms with van der Waals surface area (Å²) in [5, 5.41) is 4.59. The number of aromatic nitrogens is 3. The number of ether oxygens (including phenoxy) is 1. The molecule has 0 spiro atoms. The molecule has 0 aliphatic carbocycles.